The lowest BCUT2D eigenvalue weighted by atomic mass is 10.0. The smallest absolute Gasteiger partial charge is 0.418 e. The number of alkyl halides is 3. The van der Waals surface area contributed by atoms with E-state index in [0.717, 1.165) is 11.8 Å². The fraction of sp³-hybridized carbons (Fsp3) is 0.200. The summed E-state index contributed by atoms with van der Waals surface area (Å²) in [5, 5.41) is 13.3. The highest BCUT2D eigenvalue weighted by molar-refractivity contribution is 6.12. The van der Waals surface area contributed by atoms with Gasteiger partial charge in [0.25, 0.3) is 0 Å². The summed E-state index contributed by atoms with van der Waals surface area (Å²) in [6, 6.07) is 13.5. The minimum atomic E-state index is -4.78. The number of Topliss-reactive ketones (excluding diaryl/α,β-unsaturated/α-hetero) is 1. The lowest BCUT2D eigenvalue weighted by Crippen LogP contribution is -2.21. The van der Waals surface area contributed by atoms with Crippen LogP contribution in [0.2, 0.25) is 0 Å². The van der Waals surface area contributed by atoms with Crippen molar-refractivity contribution >= 4 is 34.8 Å². The third-order valence-electron chi connectivity index (χ3n) is 5.13. The highest BCUT2D eigenvalue weighted by Crippen LogP contribution is 2.41. The van der Waals surface area contributed by atoms with Gasteiger partial charge in [0.1, 0.15) is 0 Å². The first kappa shape index (κ1) is 26.2. The summed E-state index contributed by atoms with van der Waals surface area (Å²) in [5.41, 5.74) is 0.219. The molecule has 2 aromatic carbocycles. The summed E-state index contributed by atoms with van der Waals surface area (Å²) in [7, 11) is 2.73. The van der Waals surface area contributed by atoms with Crippen molar-refractivity contribution in [2.75, 3.05) is 29.6 Å². The van der Waals surface area contributed by atoms with Gasteiger partial charge in [0.2, 0.25) is 5.91 Å². The van der Waals surface area contributed by atoms with Crippen LogP contribution < -0.4 is 15.5 Å². The number of hydrogen-bond acceptors (Lipinski definition) is 5. The van der Waals surface area contributed by atoms with E-state index in [2.05, 4.69) is 10.3 Å². The van der Waals surface area contributed by atoms with Gasteiger partial charge in [-0.2, -0.15) is 13.2 Å². The molecule has 3 rings (SSSR count). The standard InChI is InChI=1S/C25H23F3N4O4/c1-14-6-4-9-18(29-14)15-7-5-8-16(10-15)22(33)13-23(34)30-19-11-17(25(26,27)28)21(32(2)3)12-20(19)31-24(35)36/h4-12,31H,13H2,1-3H3,(H,30,34)(H,35,36). The van der Waals surface area contributed by atoms with E-state index < -0.39 is 41.6 Å². The van der Waals surface area contributed by atoms with E-state index in [4.69, 9.17) is 5.11 Å². The maximum absolute atomic E-state index is 13.6. The Bertz CT molecular complexity index is 1320. The number of amides is 2. The van der Waals surface area contributed by atoms with Crippen LogP contribution in [0.5, 0.6) is 0 Å². The van der Waals surface area contributed by atoms with E-state index in [0.29, 0.717) is 17.3 Å². The highest BCUT2D eigenvalue weighted by Gasteiger charge is 2.35. The van der Waals surface area contributed by atoms with E-state index in [1.165, 1.54) is 25.1 Å². The van der Waals surface area contributed by atoms with Gasteiger partial charge in [-0.15, -0.1) is 0 Å². The third kappa shape index (κ3) is 6.38. The van der Waals surface area contributed by atoms with E-state index >= 15 is 0 Å². The molecule has 8 nitrogen and oxygen atoms in total. The first-order valence-corrected chi connectivity index (χ1v) is 10.6. The van der Waals surface area contributed by atoms with Gasteiger partial charge in [-0.3, -0.25) is 19.9 Å². The zero-order valence-electron chi connectivity index (χ0n) is 19.6. The zero-order valence-corrected chi connectivity index (χ0v) is 19.6. The van der Waals surface area contributed by atoms with Crippen LogP contribution in [0.15, 0.2) is 54.6 Å². The molecule has 0 saturated heterocycles. The summed E-state index contributed by atoms with van der Waals surface area (Å²) < 4.78 is 40.9. The number of anilines is 3. The van der Waals surface area contributed by atoms with E-state index in [9.17, 15) is 27.6 Å². The summed E-state index contributed by atoms with van der Waals surface area (Å²) in [5.74, 6) is -1.48. The van der Waals surface area contributed by atoms with Gasteiger partial charge in [0, 0.05) is 30.9 Å². The van der Waals surface area contributed by atoms with Gasteiger partial charge >= 0.3 is 12.3 Å². The second-order valence-corrected chi connectivity index (χ2v) is 8.13. The SMILES string of the molecule is Cc1cccc(-c2cccc(C(=O)CC(=O)Nc3cc(C(F)(F)F)c(N(C)C)cc3NC(=O)O)c2)n1. The van der Waals surface area contributed by atoms with E-state index in [-0.39, 0.29) is 16.9 Å². The van der Waals surface area contributed by atoms with Crippen LogP contribution in [0.25, 0.3) is 11.3 Å². The number of hydrogen-bond donors (Lipinski definition) is 3. The Morgan fingerprint density at radius 1 is 0.972 bits per heavy atom. The number of rotatable bonds is 7. The van der Waals surface area contributed by atoms with Gasteiger partial charge in [-0.1, -0.05) is 24.3 Å². The third-order valence-corrected chi connectivity index (χ3v) is 5.13. The van der Waals surface area contributed by atoms with Crippen molar-refractivity contribution in [2.24, 2.45) is 0 Å². The summed E-state index contributed by atoms with van der Waals surface area (Å²) >= 11 is 0. The first-order valence-electron chi connectivity index (χ1n) is 10.6. The lowest BCUT2D eigenvalue weighted by Gasteiger charge is -2.22. The molecule has 3 N–H and O–H groups in total. The Balaban J connectivity index is 1.87. The molecule has 1 aromatic heterocycles. The maximum atomic E-state index is 13.6. The minimum absolute atomic E-state index is 0.216. The lowest BCUT2D eigenvalue weighted by molar-refractivity contribution is -0.137. The Hall–Kier alpha value is -4.41. The van der Waals surface area contributed by atoms with Crippen LogP contribution >= 0.6 is 0 Å². The van der Waals surface area contributed by atoms with Gasteiger partial charge in [0.05, 0.1) is 34.7 Å². The molecule has 0 aliphatic heterocycles. The number of carbonyl (C=O) groups is 3. The Labute approximate surface area is 204 Å². The number of nitrogens with one attached hydrogen (secondary N) is 2. The molecule has 3 aromatic rings. The van der Waals surface area contributed by atoms with Crippen LogP contribution in [0, 0.1) is 6.92 Å². The topological polar surface area (TPSA) is 112 Å². The molecule has 11 heteroatoms. The average Bonchev–Trinajstić information content (AvgIpc) is 2.78. The number of nitrogens with zero attached hydrogens (tertiary/aromatic N) is 2. The summed E-state index contributed by atoms with van der Waals surface area (Å²) in [6.45, 7) is 1.82. The quantitative estimate of drug-likeness (QED) is 0.294. The predicted octanol–water partition coefficient (Wildman–Crippen LogP) is 5.44. The Kier molecular flexibility index (Phi) is 7.62. The van der Waals surface area contributed by atoms with Crippen molar-refractivity contribution in [3.8, 4) is 11.3 Å². The van der Waals surface area contributed by atoms with Crippen LogP contribution in [0.3, 0.4) is 0 Å². The van der Waals surface area contributed by atoms with Gasteiger partial charge in [0.15, 0.2) is 5.78 Å². The number of halogens is 3. The van der Waals surface area contributed by atoms with Gasteiger partial charge in [-0.25, -0.2) is 4.79 Å². The van der Waals surface area contributed by atoms with Crippen LogP contribution in [-0.2, 0) is 11.0 Å². The van der Waals surface area contributed by atoms with Crippen molar-refractivity contribution < 1.29 is 32.7 Å². The largest absolute Gasteiger partial charge is 0.465 e. The number of carboxylic acid groups (broad SMARTS) is 1. The molecule has 0 fully saturated rings. The number of aromatic nitrogens is 1. The molecule has 0 atom stereocenters. The molecule has 0 spiro atoms. The van der Waals surface area contributed by atoms with Gasteiger partial charge < -0.3 is 15.3 Å². The molecule has 1 heterocycles. The van der Waals surface area contributed by atoms with Crippen molar-refractivity contribution in [3.05, 3.63) is 71.4 Å². The Morgan fingerprint density at radius 2 is 1.64 bits per heavy atom. The summed E-state index contributed by atoms with van der Waals surface area (Å²) in [4.78, 5) is 42.1. The van der Waals surface area contributed by atoms with Gasteiger partial charge in [-0.05, 0) is 37.3 Å². The minimum Gasteiger partial charge on any atom is -0.465 e. The molecular weight excluding hydrogens is 477 g/mol. The molecule has 0 saturated carbocycles. The molecule has 0 unspecified atom stereocenters. The predicted molar refractivity (Wildman–Crippen MR) is 129 cm³/mol. The number of carbonyl (C=O) groups excluding carboxylic acids is 2. The monoisotopic (exact) mass is 500 g/mol. The van der Waals surface area contributed by atoms with Crippen molar-refractivity contribution in [1.82, 2.24) is 4.98 Å². The van der Waals surface area contributed by atoms with Crippen molar-refractivity contribution in [2.45, 2.75) is 19.5 Å². The molecule has 0 bridgehead atoms. The number of aryl methyl sites for hydroxylation is 1. The molecule has 0 radical (unpaired) electrons. The van der Waals surface area contributed by atoms with Crippen LogP contribution in [0.1, 0.15) is 28.0 Å². The molecule has 2 amide bonds. The highest BCUT2D eigenvalue weighted by atomic mass is 19.4. The maximum Gasteiger partial charge on any atom is 0.418 e. The normalized spacial score (nSPS) is 11.1. The fourth-order valence-corrected chi connectivity index (χ4v) is 3.51. The second kappa shape index (κ2) is 10.5. The first-order chi connectivity index (χ1) is 16.8. The number of pyridine rings is 1. The molecule has 188 valence electrons. The van der Waals surface area contributed by atoms with Crippen molar-refractivity contribution in [1.29, 1.82) is 0 Å². The number of ketones is 1. The number of benzene rings is 2. The van der Waals surface area contributed by atoms with E-state index in [1.54, 1.807) is 24.3 Å². The van der Waals surface area contributed by atoms with Crippen LogP contribution in [0.4, 0.5) is 35.0 Å². The Morgan fingerprint density at radius 3 is 2.25 bits per heavy atom. The van der Waals surface area contributed by atoms with E-state index in [1.807, 2.05) is 24.4 Å². The molecule has 0 aliphatic rings. The molecular formula is C25H23F3N4O4. The average molecular weight is 500 g/mol. The molecule has 0 aliphatic carbocycles. The second-order valence-electron chi connectivity index (χ2n) is 8.13. The fourth-order valence-electron chi connectivity index (χ4n) is 3.51. The van der Waals surface area contributed by atoms with Crippen molar-refractivity contribution in [3.63, 3.8) is 0 Å². The summed E-state index contributed by atoms with van der Waals surface area (Å²) in [6.07, 6.45) is -6.98. The molecule has 36 heavy (non-hydrogen) atoms. The zero-order chi connectivity index (χ0) is 26.6. The van der Waals surface area contributed by atoms with Crippen LogP contribution in [-0.4, -0.2) is 42.0 Å².